The van der Waals surface area contributed by atoms with Crippen LogP contribution in [-0.2, 0) is 4.74 Å². The lowest BCUT2D eigenvalue weighted by molar-refractivity contribution is 0.0491. The number of hydrogen-bond donors (Lipinski definition) is 1. The van der Waals surface area contributed by atoms with Crippen molar-refractivity contribution in [2.24, 2.45) is 5.92 Å². The molecule has 1 N–H and O–H groups in total. The van der Waals surface area contributed by atoms with Gasteiger partial charge in [-0.15, -0.1) is 0 Å². The summed E-state index contributed by atoms with van der Waals surface area (Å²) >= 11 is 0. The van der Waals surface area contributed by atoms with Crippen molar-refractivity contribution in [2.45, 2.75) is 32.8 Å². The fourth-order valence-corrected chi connectivity index (χ4v) is 2.23. The van der Waals surface area contributed by atoms with E-state index in [4.69, 9.17) is 9.47 Å². The van der Waals surface area contributed by atoms with E-state index in [2.05, 4.69) is 0 Å². The molecule has 0 saturated carbocycles. The van der Waals surface area contributed by atoms with Crippen molar-refractivity contribution < 1.29 is 14.6 Å². The van der Waals surface area contributed by atoms with E-state index >= 15 is 0 Å². The van der Waals surface area contributed by atoms with Gasteiger partial charge in [0, 0.05) is 18.8 Å². The molecule has 100 valence electrons. The van der Waals surface area contributed by atoms with Gasteiger partial charge in [-0.3, -0.25) is 0 Å². The molecular weight excluding hydrogens is 228 g/mol. The van der Waals surface area contributed by atoms with Crippen LogP contribution in [0, 0.1) is 12.8 Å². The van der Waals surface area contributed by atoms with Crippen molar-refractivity contribution in [1.82, 2.24) is 0 Å². The minimum atomic E-state index is -0.490. The zero-order valence-corrected chi connectivity index (χ0v) is 11.2. The molecular formula is C15H22O3. The molecule has 0 unspecified atom stereocenters. The maximum Gasteiger partial charge on any atom is 0.125 e. The Balaban J connectivity index is 2.00. The number of benzene rings is 1. The summed E-state index contributed by atoms with van der Waals surface area (Å²) < 4.78 is 11.2. The summed E-state index contributed by atoms with van der Waals surface area (Å²) in [6.45, 7) is 6.20. The Labute approximate surface area is 109 Å². The maximum absolute atomic E-state index is 9.73. The summed E-state index contributed by atoms with van der Waals surface area (Å²) in [7, 11) is 0. The Hall–Kier alpha value is -1.06. The Bertz CT molecular complexity index is 381. The Kier molecular flexibility index (Phi) is 4.61. The number of aryl methyl sites for hydroxylation is 1. The largest absolute Gasteiger partial charge is 0.493 e. The fraction of sp³-hybridized carbons (Fsp3) is 0.600. The monoisotopic (exact) mass is 250 g/mol. The first-order valence-electron chi connectivity index (χ1n) is 6.66. The van der Waals surface area contributed by atoms with Crippen LogP contribution in [0.1, 0.15) is 37.0 Å². The first-order chi connectivity index (χ1) is 8.66. The van der Waals surface area contributed by atoms with Crippen LogP contribution in [0.25, 0.3) is 0 Å². The zero-order valence-electron chi connectivity index (χ0n) is 11.2. The van der Waals surface area contributed by atoms with E-state index in [1.165, 1.54) is 0 Å². The molecule has 1 aliphatic rings. The van der Waals surface area contributed by atoms with Gasteiger partial charge in [0.1, 0.15) is 5.75 Å². The molecule has 0 aliphatic carbocycles. The Morgan fingerprint density at radius 2 is 2.11 bits per heavy atom. The highest BCUT2D eigenvalue weighted by molar-refractivity contribution is 5.38. The normalized spacial score (nSPS) is 18.6. The van der Waals surface area contributed by atoms with Crippen LogP contribution < -0.4 is 4.74 Å². The summed E-state index contributed by atoms with van der Waals surface area (Å²) in [5, 5.41) is 9.73. The first kappa shape index (κ1) is 13.4. The minimum absolute atomic E-state index is 0.490. The summed E-state index contributed by atoms with van der Waals surface area (Å²) in [5.41, 5.74) is 2.02. The van der Waals surface area contributed by atoms with Crippen LogP contribution in [-0.4, -0.2) is 24.9 Å². The summed E-state index contributed by atoms with van der Waals surface area (Å²) in [6, 6.07) is 5.95. The molecule has 1 atom stereocenters. The van der Waals surface area contributed by atoms with Gasteiger partial charge in [-0.05, 0) is 44.2 Å². The molecule has 1 aromatic rings. The van der Waals surface area contributed by atoms with E-state index in [0.29, 0.717) is 12.5 Å². The second-order valence-corrected chi connectivity index (χ2v) is 5.08. The van der Waals surface area contributed by atoms with Crippen LogP contribution in [0.2, 0.25) is 0 Å². The molecule has 3 nitrogen and oxygen atoms in total. The summed E-state index contributed by atoms with van der Waals surface area (Å²) in [5.74, 6) is 1.39. The van der Waals surface area contributed by atoms with Gasteiger partial charge < -0.3 is 14.6 Å². The Morgan fingerprint density at radius 1 is 1.39 bits per heavy atom. The highest BCUT2D eigenvalue weighted by Crippen LogP contribution is 2.27. The van der Waals surface area contributed by atoms with E-state index < -0.39 is 6.10 Å². The lowest BCUT2D eigenvalue weighted by Gasteiger charge is -2.23. The van der Waals surface area contributed by atoms with E-state index in [1.54, 1.807) is 6.92 Å². The highest BCUT2D eigenvalue weighted by Gasteiger charge is 2.16. The van der Waals surface area contributed by atoms with Crippen molar-refractivity contribution in [2.75, 3.05) is 19.8 Å². The molecule has 1 fully saturated rings. The number of rotatable bonds is 4. The van der Waals surface area contributed by atoms with Gasteiger partial charge in [0.2, 0.25) is 0 Å². The molecule has 0 bridgehead atoms. The van der Waals surface area contributed by atoms with Gasteiger partial charge in [-0.1, -0.05) is 12.1 Å². The molecule has 1 aromatic carbocycles. The minimum Gasteiger partial charge on any atom is -0.493 e. The Morgan fingerprint density at radius 3 is 2.78 bits per heavy atom. The van der Waals surface area contributed by atoms with Crippen LogP contribution in [0.15, 0.2) is 18.2 Å². The van der Waals surface area contributed by atoms with Crippen LogP contribution in [0.5, 0.6) is 5.75 Å². The van der Waals surface area contributed by atoms with E-state index in [-0.39, 0.29) is 0 Å². The second-order valence-electron chi connectivity index (χ2n) is 5.08. The van der Waals surface area contributed by atoms with E-state index in [0.717, 1.165) is 42.9 Å². The standard InChI is InChI=1S/C15H22O3/c1-11-3-4-14(12(2)16)15(9-11)18-10-13-5-7-17-8-6-13/h3-4,9,12-13,16H,5-8,10H2,1-2H3/t12-/m1/s1. The third-order valence-electron chi connectivity index (χ3n) is 3.43. The molecule has 0 spiro atoms. The zero-order chi connectivity index (χ0) is 13.0. The fourth-order valence-electron chi connectivity index (χ4n) is 2.23. The SMILES string of the molecule is Cc1ccc([C@@H](C)O)c(OCC2CCOCC2)c1. The van der Waals surface area contributed by atoms with Crippen molar-refractivity contribution in [1.29, 1.82) is 0 Å². The van der Waals surface area contributed by atoms with Crippen molar-refractivity contribution in [3.63, 3.8) is 0 Å². The van der Waals surface area contributed by atoms with Gasteiger partial charge in [-0.2, -0.15) is 0 Å². The summed E-state index contributed by atoms with van der Waals surface area (Å²) in [4.78, 5) is 0. The van der Waals surface area contributed by atoms with Crippen LogP contribution in [0.3, 0.4) is 0 Å². The molecule has 0 aromatic heterocycles. The molecule has 2 rings (SSSR count). The molecule has 0 radical (unpaired) electrons. The van der Waals surface area contributed by atoms with Gasteiger partial charge in [-0.25, -0.2) is 0 Å². The van der Waals surface area contributed by atoms with Crippen LogP contribution in [0.4, 0.5) is 0 Å². The van der Waals surface area contributed by atoms with Crippen molar-refractivity contribution in [3.05, 3.63) is 29.3 Å². The molecule has 1 aliphatic heterocycles. The van der Waals surface area contributed by atoms with Gasteiger partial charge >= 0.3 is 0 Å². The topological polar surface area (TPSA) is 38.7 Å². The quantitative estimate of drug-likeness (QED) is 0.893. The van der Waals surface area contributed by atoms with Crippen molar-refractivity contribution in [3.8, 4) is 5.75 Å². The van der Waals surface area contributed by atoms with Crippen molar-refractivity contribution >= 4 is 0 Å². The predicted molar refractivity (Wildman–Crippen MR) is 70.9 cm³/mol. The first-order valence-corrected chi connectivity index (χ1v) is 6.66. The highest BCUT2D eigenvalue weighted by atomic mass is 16.5. The third kappa shape index (κ3) is 3.47. The number of aliphatic hydroxyl groups excluding tert-OH is 1. The number of ether oxygens (including phenoxy) is 2. The van der Waals surface area contributed by atoms with E-state index in [1.807, 2.05) is 25.1 Å². The third-order valence-corrected chi connectivity index (χ3v) is 3.43. The molecule has 1 saturated heterocycles. The second kappa shape index (κ2) is 6.21. The maximum atomic E-state index is 9.73. The predicted octanol–water partition coefficient (Wildman–Crippen LogP) is 2.85. The van der Waals surface area contributed by atoms with Crippen LogP contribution >= 0.6 is 0 Å². The smallest absolute Gasteiger partial charge is 0.125 e. The summed E-state index contributed by atoms with van der Waals surface area (Å²) in [6.07, 6.45) is 1.64. The molecule has 1 heterocycles. The average Bonchev–Trinajstić information content (AvgIpc) is 2.37. The molecule has 0 amide bonds. The van der Waals surface area contributed by atoms with Gasteiger partial charge in [0.15, 0.2) is 0 Å². The average molecular weight is 250 g/mol. The lowest BCUT2D eigenvalue weighted by atomic mass is 10.0. The lowest BCUT2D eigenvalue weighted by Crippen LogP contribution is -2.21. The molecule has 3 heteroatoms. The van der Waals surface area contributed by atoms with E-state index in [9.17, 15) is 5.11 Å². The molecule has 18 heavy (non-hydrogen) atoms. The van der Waals surface area contributed by atoms with Gasteiger partial charge in [0.05, 0.1) is 12.7 Å². The van der Waals surface area contributed by atoms with Gasteiger partial charge in [0.25, 0.3) is 0 Å². The number of aliphatic hydroxyl groups is 1. The number of hydrogen-bond acceptors (Lipinski definition) is 3.